The molecule has 21 heavy (non-hydrogen) atoms. The van der Waals surface area contributed by atoms with E-state index in [9.17, 15) is 4.79 Å². The number of hydrogen-bond donors (Lipinski definition) is 2. The highest BCUT2D eigenvalue weighted by atomic mass is 16.2. The van der Waals surface area contributed by atoms with Crippen molar-refractivity contribution in [2.45, 2.75) is 45.4 Å². The van der Waals surface area contributed by atoms with Crippen LogP contribution in [0, 0.1) is 0 Å². The first-order valence-corrected chi connectivity index (χ1v) is 7.17. The lowest BCUT2D eigenvalue weighted by Crippen LogP contribution is -2.17. The predicted molar refractivity (Wildman–Crippen MR) is 74.9 cm³/mol. The van der Waals surface area contributed by atoms with E-state index in [1.807, 2.05) is 13.8 Å². The maximum Gasteiger partial charge on any atom is 0.297 e. The number of aromatic nitrogens is 6. The fraction of sp³-hybridized carbons (Fsp3) is 0.538. The summed E-state index contributed by atoms with van der Waals surface area (Å²) in [5.41, 5.74) is 1.70. The zero-order chi connectivity index (χ0) is 14.8. The van der Waals surface area contributed by atoms with Gasteiger partial charge in [0.25, 0.3) is 5.91 Å². The van der Waals surface area contributed by atoms with E-state index >= 15 is 0 Å². The van der Waals surface area contributed by atoms with Gasteiger partial charge in [-0.15, -0.1) is 15.3 Å². The number of aromatic amines is 1. The second kappa shape index (κ2) is 5.55. The smallest absolute Gasteiger partial charge is 0.286 e. The molecular weight excluding hydrogens is 270 g/mol. The SMILES string of the molecule is CCc1nnc(NC(=O)c2n[nH]c(C3CC3)n2)nc1CC. The number of anilines is 1. The van der Waals surface area contributed by atoms with Gasteiger partial charge in [0, 0.05) is 5.92 Å². The Bertz CT molecular complexity index is 662. The van der Waals surface area contributed by atoms with Crippen LogP contribution in [-0.2, 0) is 12.8 Å². The molecule has 0 spiro atoms. The number of H-pyrrole nitrogens is 1. The first kappa shape index (κ1) is 13.6. The molecule has 1 fully saturated rings. The largest absolute Gasteiger partial charge is 0.297 e. The van der Waals surface area contributed by atoms with Crippen molar-refractivity contribution in [1.82, 2.24) is 30.4 Å². The molecule has 0 aliphatic heterocycles. The van der Waals surface area contributed by atoms with Gasteiger partial charge < -0.3 is 0 Å². The Morgan fingerprint density at radius 3 is 2.62 bits per heavy atom. The average Bonchev–Trinajstić information content (AvgIpc) is 3.24. The van der Waals surface area contributed by atoms with Crippen molar-refractivity contribution in [2.75, 3.05) is 5.32 Å². The van der Waals surface area contributed by atoms with Gasteiger partial charge in [-0.25, -0.2) is 9.97 Å². The Labute approximate surface area is 121 Å². The summed E-state index contributed by atoms with van der Waals surface area (Å²) in [6, 6.07) is 0. The molecule has 0 unspecified atom stereocenters. The molecule has 0 bridgehead atoms. The van der Waals surface area contributed by atoms with Gasteiger partial charge in [0.05, 0.1) is 11.4 Å². The van der Waals surface area contributed by atoms with Crippen LogP contribution in [0.3, 0.4) is 0 Å². The highest BCUT2D eigenvalue weighted by Crippen LogP contribution is 2.37. The normalized spacial score (nSPS) is 14.2. The zero-order valence-corrected chi connectivity index (χ0v) is 12.1. The monoisotopic (exact) mass is 287 g/mol. The van der Waals surface area contributed by atoms with E-state index in [1.165, 1.54) is 0 Å². The molecule has 2 aromatic rings. The molecule has 1 aliphatic carbocycles. The van der Waals surface area contributed by atoms with Crippen molar-refractivity contribution in [3.05, 3.63) is 23.0 Å². The summed E-state index contributed by atoms with van der Waals surface area (Å²) >= 11 is 0. The van der Waals surface area contributed by atoms with Crippen molar-refractivity contribution < 1.29 is 4.79 Å². The minimum Gasteiger partial charge on any atom is -0.286 e. The van der Waals surface area contributed by atoms with E-state index in [4.69, 9.17) is 0 Å². The van der Waals surface area contributed by atoms with Crippen LogP contribution in [0.5, 0.6) is 0 Å². The fourth-order valence-corrected chi connectivity index (χ4v) is 2.06. The Balaban J connectivity index is 1.74. The Morgan fingerprint density at radius 1 is 1.19 bits per heavy atom. The van der Waals surface area contributed by atoms with Crippen LogP contribution in [0.1, 0.15) is 60.4 Å². The Morgan fingerprint density at radius 2 is 1.95 bits per heavy atom. The first-order valence-electron chi connectivity index (χ1n) is 7.17. The third-order valence-electron chi connectivity index (χ3n) is 3.40. The molecular formula is C13H17N7O. The number of aryl methyl sites for hydroxylation is 2. The summed E-state index contributed by atoms with van der Waals surface area (Å²) in [5, 5.41) is 17.3. The van der Waals surface area contributed by atoms with Crippen LogP contribution in [0.4, 0.5) is 5.95 Å². The number of hydrogen-bond acceptors (Lipinski definition) is 6. The van der Waals surface area contributed by atoms with Crippen LogP contribution in [0.25, 0.3) is 0 Å². The number of nitrogens with one attached hydrogen (secondary N) is 2. The first-order chi connectivity index (χ1) is 10.2. The lowest BCUT2D eigenvalue weighted by Gasteiger charge is -2.05. The molecule has 0 aromatic carbocycles. The third kappa shape index (κ3) is 2.88. The topological polar surface area (TPSA) is 109 Å². The van der Waals surface area contributed by atoms with Gasteiger partial charge >= 0.3 is 0 Å². The van der Waals surface area contributed by atoms with Gasteiger partial charge in [0.15, 0.2) is 0 Å². The summed E-state index contributed by atoms with van der Waals surface area (Å²) < 4.78 is 0. The zero-order valence-electron chi connectivity index (χ0n) is 12.1. The maximum absolute atomic E-state index is 12.1. The molecule has 0 atom stereocenters. The van der Waals surface area contributed by atoms with Gasteiger partial charge in [-0.05, 0) is 25.7 Å². The molecule has 110 valence electrons. The number of nitrogens with zero attached hydrogens (tertiary/aromatic N) is 5. The van der Waals surface area contributed by atoms with E-state index in [1.54, 1.807) is 0 Å². The van der Waals surface area contributed by atoms with Crippen LogP contribution in [-0.4, -0.2) is 36.3 Å². The molecule has 1 aliphatic rings. The lowest BCUT2D eigenvalue weighted by atomic mass is 10.2. The van der Waals surface area contributed by atoms with Gasteiger partial charge in [0.2, 0.25) is 11.8 Å². The molecule has 3 rings (SSSR count). The lowest BCUT2D eigenvalue weighted by molar-refractivity contribution is 0.101. The number of carbonyl (C=O) groups is 1. The van der Waals surface area contributed by atoms with Crippen molar-refractivity contribution in [2.24, 2.45) is 0 Å². The molecule has 1 amide bonds. The summed E-state index contributed by atoms with van der Waals surface area (Å²) in [4.78, 5) is 20.6. The molecule has 2 N–H and O–H groups in total. The van der Waals surface area contributed by atoms with Gasteiger partial charge in [-0.1, -0.05) is 13.8 Å². The van der Waals surface area contributed by atoms with Crippen LogP contribution in [0.2, 0.25) is 0 Å². The second-order valence-electron chi connectivity index (χ2n) is 5.01. The maximum atomic E-state index is 12.1. The summed E-state index contributed by atoms with van der Waals surface area (Å²) in [6.45, 7) is 3.99. The number of amides is 1. The van der Waals surface area contributed by atoms with Gasteiger partial charge in [-0.2, -0.15) is 0 Å². The van der Waals surface area contributed by atoms with E-state index < -0.39 is 5.91 Å². The van der Waals surface area contributed by atoms with Crippen molar-refractivity contribution in [3.63, 3.8) is 0 Å². The average molecular weight is 287 g/mol. The molecule has 2 heterocycles. The minimum absolute atomic E-state index is 0.109. The Hall–Kier alpha value is -2.38. The highest BCUT2D eigenvalue weighted by molar-refractivity contribution is 6.00. The minimum atomic E-state index is -0.425. The van der Waals surface area contributed by atoms with Crippen LogP contribution in [0.15, 0.2) is 0 Å². The van der Waals surface area contributed by atoms with Crippen LogP contribution >= 0.6 is 0 Å². The highest BCUT2D eigenvalue weighted by Gasteiger charge is 2.28. The Kier molecular flexibility index (Phi) is 3.59. The summed E-state index contributed by atoms with van der Waals surface area (Å²) in [6.07, 6.45) is 3.71. The molecule has 2 aromatic heterocycles. The number of carbonyl (C=O) groups excluding carboxylic acids is 1. The van der Waals surface area contributed by atoms with Crippen molar-refractivity contribution in [3.8, 4) is 0 Å². The standard InChI is InChI=1S/C13H17N7O/c1-3-8-9(4-2)17-20-13(14-8)16-12(21)11-15-10(18-19-11)7-5-6-7/h7H,3-6H2,1-2H3,(H,15,18,19)(H,14,16,20,21). The molecule has 0 radical (unpaired) electrons. The number of rotatable bonds is 5. The van der Waals surface area contributed by atoms with E-state index in [0.717, 1.165) is 42.9 Å². The summed E-state index contributed by atoms with van der Waals surface area (Å²) in [7, 11) is 0. The van der Waals surface area contributed by atoms with E-state index in [0.29, 0.717) is 5.92 Å². The molecule has 8 heteroatoms. The van der Waals surface area contributed by atoms with Crippen molar-refractivity contribution >= 4 is 11.9 Å². The fourth-order valence-electron chi connectivity index (χ4n) is 2.06. The second-order valence-corrected chi connectivity index (χ2v) is 5.01. The van der Waals surface area contributed by atoms with E-state index in [-0.39, 0.29) is 11.8 Å². The molecule has 8 nitrogen and oxygen atoms in total. The van der Waals surface area contributed by atoms with Gasteiger partial charge in [-0.3, -0.25) is 15.2 Å². The van der Waals surface area contributed by atoms with Crippen molar-refractivity contribution in [1.29, 1.82) is 0 Å². The summed E-state index contributed by atoms with van der Waals surface area (Å²) in [5.74, 6) is 1.07. The quantitative estimate of drug-likeness (QED) is 0.856. The van der Waals surface area contributed by atoms with Gasteiger partial charge in [0.1, 0.15) is 5.82 Å². The predicted octanol–water partition coefficient (Wildman–Crippen LogP) is 1.24. The molecule has 0 saturated heterocycles. The third-order valence-corrected chi connectivity index (χ3v) is 3.40. The molecule has 1 saturated carbocycles. The van der Waals surface area contributed by atoms with Crippen LogP contribution < -0.4 is 5.32 Å². The van der Waals surface area contributed by atoms with E-state index in [2.05, 4.69) is 35.7 Å².